The number of hydrogen-bond donors (Lipinski definition) is 1. The molecule has 0 aliphatic rings. The van der Waals surface area contributed by atoms with E-state index >= 15 is 0 Å². The van der Waals surface area contributed by atoms with E-state index < -0.39 is 18.9 Å². The maximum Gasteiger partial charge on any atom is 0.573 e. The number of alkyl halides is 3. The van der Waals surface area contributed by atoms with Crippen molar-refractivity contribution in [2.45, 2.75) is 26.8 Å². The standard InChI is InChI=1S/C28H24F3NO6S/c1-3-35-20-8-4-18(5-9-20)26-27(19-6-10-21(11-7-19)38-28(29,30)31)39-24(32-26)15-36-22-12-13-23(17(2)14-22)37-16-25(33)34/h4-14H,3,15-16H2,1-2H3,(H,33,34). The summed E-state index contributed by atoms with van der Waals surface area (Å²) in [5.41, 5.74) is 2.85. The second-order valence-electron chi connectivity index (χ2n) is 8.21. The molecule has 0 aliphatic carbocycles. The van der Waals surface area contributed by atoms with Gasteiger partial charge in [0.1, 0.15) is 34.6 Å². The Hall–Kier alpha value is -4.25. The number of aryl methyl sites for hydroxylation is 1. The molecule has 0 radical (unpaired) electrons. The van der Waals surface area contributed by atoms with Crippen molar-refractivity contribution in [3.05, 3.63) is 77.3 Å². The first-order valence-electron chi connectivity index (χ1n) is 11.8. The molecule has 1 N–H and O–H groups in total. The van der Waals surface area contributed by atoms with Crippen molar-refractivity contribution in [3.8, 4) is 44.7 Å². The SMILES string of the molecule is CCOc1ccc(-c2nc(COc3ccc(OCC(=O)O)c(C)c3)sc2-c2ccc(OC(F)(F)F)cc2)cc1. The molecule has 0 spiro atoms. The second-order valence-corrected chi connectivity index (χ2v) is 9.30. The average Bonchev–Trinajstić information content (AvgIpc) is 3.31. The number of carboxylic acid groups (broad SMARTS) is 1. The third-order valence-corrected chi connectivity index (χ3v) is 6.40. The van der Waals surface area contributed by atoms with Crippen LogP contribution >= 0.6 is 11.3 Å². The molecule has 0 bridgehead atoms. The number of carbonyl (C=O) groups is 1. The van der Waals surface area contributed by atoms with E-state index in [1.807, 2.05) is 31.2 Å². The maximum absolute atomic E-state index is 12.6. The van der Waals surface area contributed by atoms with Crippen LogP contribution in [0, 0.1) is 6.92 Å². The number of halogens is 3. The molecule has 1 aromatic heterocycles. The minimum absolute atomic E-state index is 0.138. The first kappa shape index (κ1) is 27.8. The Balaban J connectivity index is 1.59. The van der Waals surface area contributed by atoms with Crippen molar-refractivity contribution in [2.75, 3.05) is 13.2 Å². The van der Waals surface area contributed by atoms with Gasteiger partial charge in [-0.1, -0.05) is 0 Å². The first-order valence-corrected chi connectivity index (χ1v) is 12.6. The minimum Gasteiger partial charge on any atom is -0.494 e. The number of rotatable bonds is 11. The molecule has 0 saturated heterocycles. The third-order valence-electron chi connectivity index (χ3n) is 5.32. The minimum atomic E-state index is -4.77. The van der Waals surface area contributed by atoms with Crippen molar-refractivity contribution >= 4 is 17.3 Å². The van der Waals surface area contributed by atoms with E-state index in [9.17, 15) is 18.0 Å². The van der Waals surface area contributed by atoms with Gasteiger partial charge < -0.3 is 24.1 Å². The van der Waals surface area contributed by atoms with Gasteiger partial charge in [0.05, 0.1) is 17.2 Å². The van der Waals surface area contributed by atoms with Crippen LogP contribution in [0.2, 0.25) is 0 Å². The number of hydrogen-bond acceptors (Lipinski definition) is 7. The zero-order chi connectivity index (χ0) is 28.0. The van der Waals surface area contributed by atoms with Crippen LogP contribution in [0.4, 0.5) is 13.2 Å². The molecule has 3 aromatic carbocycles. The van der Waals surface area contributed by atoms with E-state index in [0.717, 1.165) is 10.4 Å². The van der Waals surface area contributed by atoms with E-state index in [4.69, 9.17) is 24.3 Å². The molecule has 0 unspecified atom stereocenters. The summed E-state index contributed by atoms with van der Waals surface area (Å²) < 4.78 is 58.5. The lowest BCUT2D eigenvalue weighted by molar-refractivity contribution is -0.274. The number of ether oxygens (including phenoxy) is 4. The number of thiazole rings is 1. The van der Waals surface area contributed by atoms with Crippen molar-refractivity contribution < 1.29 is 42.0 Å². The number of aromatic nitrogens is 1. The van der Waals surface area contributed by atoms with Gasteiger partial charge in [0.15, 0.2) is 6.61 Å². The summed E-state index contributed by atoms with van der Waals surface area (Å²) >= 11 is 1.36. The van der Waals surface area contributed by atoms with E-state index in [1.54, 1.807) is 37.3 Å². The van der Waals surface area contributed by atoms with Crippen molar-refractivity contribution in [3.63, 3.8) is 0 Å². The van der Waals surface area contributed by atoms with Crippen LogP contribution in [0.25, 0.3) is 21.7 Å². The number of carboxylic acids is 1. The Labute approximate surface area is 226 Å². The molecule has 0 atom stereocenters. The van der Waals surface area contributed by atoms with Crippen LogP contribution in [0.1, 0.15) is 17.5 Å². The lowest BCUT2D eigenvalue weighted by Crippen LogP contribution is -2.16. The summed E-state index contributed by atoms with van der Waals surface area (Å²) in [6.45, 7) is 3.89. The van der Waals surface area contributed by atoms with Crippen LogP contribution in [-0.2, 0) is 11.4 Å². The maximum atomic E-state index is 12.6. The Morgan fingerprint density at radius 3 is 2.15 bits per heavy atom. The van der Waals surface area contributed by atoms with Crippen LogP contribution in [-0.4, -0.2) is 35.6 Å². The molecule has 0 fully saturated rings. The normalized spacial score (nSPS) is 11.2. The molecule has 4 aromatic rings. The third kappa shape index (κ3) is 7.64. The summed E-state index contributed by atoms with van der Waals surface area (Å²) in [5, 5.41) is 9.45. The molecular formula is C28H24F3NO6S. The van der Waals surface area contributed by atoms with Crippen LogP contribution in [0.3, 0.4) is 0 Å². The van der Waals surface area contributed by atoms with Gasteiger partial charge in [-0.15, -0.1) is 24.5 Å². The Morgan fingerprint density at radius 1 is 0.897 bits per heavy atom. The molecule has 4 rings (SSSR count). The van der Waals surface area contributed by atoms with Gasteiger partial charge in [-0.05, 0) is 91.7 Å². The highest BCUT2D eigenvalue weighted by Gasteiger charge is 2.31. The zero-order valence-corrected chi connectivity index (χ0v) is 21.8. The molecule has 1 heterocycles. The quantitative estimate of drug-likeness (QED) is 0.209. The van der Waals surface area contributed by atoms with Gasteiger partial charge in [-0.3, -0.25) is 0 Å². The summed E-state index contributed by atoms with van der Waals surface area (Å²) in [7, 11) is 0. The van der Waals surface area contributed by atoms with Crippen molar-refractivity contribution in [1.82, 2.24) is 4.98 Å². The van der Waals surface area contributed by atoms with Gasteiger partial charge in [0.25, 0.3) is 0 Å². The molecule has 0 saturated carbocycles. The van der Waals surface area contributed by atoms with Crippen molar-refractivity contribution in [2.24, 2.45) is 0 Å². The Kier molecular flexibility index (Phi) is 8.60. The number of nitrogens with zero attached hydrogens (tertiary/aromatic N) is 1. The van der Waals surface area contributed by atoms with Crippen LogP contribution in [0.15, 0.2) is 66.7 Å². The Morgan fingerprint density at radius 2 is 1.54 bits per heavy atom. The summed E-state index contributed by atoms with van der Waals surface area (Å²) in [6.07, 6.45) is -4.77. The van der Waals surface area contributed by atoms with E-state index in [1.165, 1.54) is 23.5 Å². The van der Waals surface area contributed by atoms with Gasteiger partial charge >= 0.3 is 12.3 Å². The molecule has 0 aliphatic heterocycles. The zero-order valence-electron chi connectivity index (χ0n) is 20.9. The van der Waals surface area contributed by atoms with Gasteiger partial charge in [-0.25, -0.2) is 9.78 Å². The predicted molar refractivity (Wildman–Crippen MR) is 139 cm³/mol. The van der Waals surface area contributed by atoms with Gasteiger partial charge in [-0.2, -0.15) is 0 Å². The van der Waals surface area contributed by atoms with Gasteiger partial charge in [0, 0.05) is 5.56 Å². The van der Waals surface area contributed by atoms with Gasteiger partial charge in [0.2, 0.25) is 0 Å². The summed E-state index contributed by atoms with van der Waals surface area (Å²) in [4.78, 5) is 16.3. The summed E-state index contributed by atoms with van der Waals surface area (Å²) in [6, 6.07) is 18.1. The van der Waals surface area contributed by atoms with Crippen molar-refractivity contribution in [1.29, 1.82) is 0 Å². The topological polar surface area (TPSA) is 87.1 Å². The molecule has 0 amide bonds. The smallest absolute Gasteiger partial charge is 0.494 e. The lowest BCUT2D eigenvalue weighted by atomic mass is 10.1. The number of aliphatic carboxylic acids is 1. The average molecular weight is 560 g/mol. The van der Waals surface area contributed by atoms with E-state index in [2.05, 4.69) is 4.74 Å². The molecule has 39 heavy (non-hydrogen) atoms. The Bertz CT molecular complexity index is 1420. The largest absolute Gasteiger partial charge is 0.573 e. The van der Waals surface area contributed by atoms with Crippen LogP contribution in [0.5, 0.6) is 23.0 Å². The second kappa shape index (κ2) is 12.1. The highest BCUT2D eigenvalue weighted by atomic mass is 32.1. The van der Waals surface area contributed by atoms with E-state index in [0.29, 0.717) is 45.7 Å². The molecule has 7 nitrogen and oxygen atoms in total. The van der Waals surface area contributed by atoms with Crippen LogP contribution < -0.4 is 18.9 Å². The fraction of sp³-hybridized carbons (Fsp3) is 0.214. The first-order chi connectivity index (χ1) is 18.6. The molecule has 204 valence electrons. The van der Waals surface area contributed by atoms with E-state index in [-0.39, 0.29) is 12.4 Å². The number of benzene rings is 3. The highest BCUT2D eigenvalue weighted by Crippen LogP contribution is 2.39. The lowest BCUT2D eigenvalue weighted by Gasteiger charge is -2.09. The highest BCUT2D eigenvalue weighted by molar-refractivity contribution is 7.15. The fourth-order valence-corrected chi connectivity index (χ4v) is 4.66. The monoisotopic (exact) mass is 559 g/mol. The predicted octanol–water partition coefficient (Wildman–Crippen LogP) is 7.13. The fourth-order valence-electron chi connectivity index (χ4n) is 3.66. The molecular weight excluding hydrogens is 535 g/mol. The summed E-state index contributed by atoms with van der Waals surface area (Å²) in [5.74, 6) is 0.315. The molecule has 11 heteroatoms.